The molecule has 0 unspecified atom stereocenters. The maximum atomic E-state index is 13.4. The van der Waals surface area contributed by atoms with Gasteiger partial charge in [0.2, 0.25) is 5.91 Å². The lowest BCUT2D eigenvalue weighted by molar-refractivity contribution is -0.122. The van der Waals surface area contributed by atoms with Crippen molar-refractivity contribution in [3.63, 3.8) is 0 Å². The zero-order chi connectivity index (χ0) is 22.1. The van der Waals surface area contributed by atoms with Crippen LogP contribution in [0.25, 0.3) is 21.8 Å². The van der Waals surface area contributed by atoms with E-state index in [1.54, 1.807) is 24.6 Å². The summed E-state index contributed by atoms with van der Waals surface area (Å²) in [6.07, 6.45) is 3.19. The van der Waals surface area contributed by atoms with Crippen LogP contribution in [-0.2, 0) is 24.4 Å². The molecule has 0 radical (unpaired) electrons. The number of rotatable bonds is 6. The van der Waals surface area contributed by atoms with Gasteiger partial charge in [-0.25, -0.2) is 4.68 Å². The average molecular weight is 447 g/mol. The maximum Gasteiger partial charge on any atom is 0.291 e. The van der Waals surface area contributed by atoms with Crippen LogP contribution >= 0.6 is 11.6 Å². The van der Waals surface area contributed by atoms with Crippen LogP contribution < -0.4 is 10.9 Å². The molecule has 5 aromatic rings. The summed E-state index contributed by atoms with van der Waals surface area (Å²) < 4.78 is 8.36. The van der Waals surface area contributed by atoms with E-state index in [2.05, 4.69) is 10.4 Å². The van der Waals surface area contributed by atoms with E-state index in [1.165, 1.54) is 4.68 Å². The molecule has 1 amide bonds. The third kappa shape index (κ3) is 3.78. The fraction of sp³-hybridized carbons (Fsp3) is 0.125. The first kappa shape index (κ1) is 20.1. The van der Waals surface area contributed by atoms with Gasteiger partial charge >= 0.3 is 0 Å². The summed E-state index contributed by atoms with van der Waals surface area (Å²) in [5.41, 5.74) is 2.06. The topological polar surface area (TPSA) is 82.1 Å². The molecule has 0 aliphatic heterocycles. The molecule has 0 bridgehead atoms. The molecule has 7 nitrogen and oxygen atoms in total. The summed E-state index contributed by atoms with van der Waals surface area (Å²) in [7, 11) is 0. The van der Waals surface area contributed by atoms with Gasteiger partial charge in [0, 0.05) is 27.9 Å². The molecular weight excluding hydrogens is 428 g/mol. The Hall–Kier alpha value is -3.84. The highest BCUT2D eigenvalue weighted by molar-refractivity contribution is 6.30. The quantitative estimate of drug-likeness (QED) is 0.428. The van der Waals surface area contributed by atoms with Crippen LogP contribution in [0.1, 0.15) is 11.3 Å². The molecule has 32 heavy (non-hydrogen) atoms. The Morgan fingerprint density at radius 3 is 2.75 bits per heavy atom. The molecule has 0 spiro atoms. The van der Waals surface area contributed by atoms with Crippen molar-refractivity contribution in [2.45, 2.75) is 19.6 Å². The molecule has 3 aromatic heterocycles. The van der Waals surface area contributed by atoms with Gasteiger partial charge in [-0.05, 0) is 35.9 Å². The Morgan fingerprint density at radius 1 is 1.06 bits per heavy atom. The second-order valence-electron chi connectivity index (χ2n) is 7.46. The van der Waals surface area contributed by atoms with E-state index < -0.39 is 0 Å². The van der Waals surface area contributed by atoms with Crippen LogP contribution in [-0.4, -0.2) is 20.3 Å². The third-order valence-electron chi connectivity index (χ3n) is 5.34. The van der Waals surface area contributed by atoms with Gasteiger partial charge < -0.3 is 14.3 Å². The minimum atomic E-state index is -0.326. The van der Waals surface area contributed by atoms with Crippen molar-refractivity contribution in [2.24, 2.45) is 0 Å². The minimum Gasteiger partial charge on any atom is -0.467 e. The number of carbonyl (C=O) groups excluding carboxylic acids is 1. The molecule has 2 aromatic carbocycles. The molecule has 0 saturated carbocycles. The summed E-state index contributed by atoms with van der Waals surface area (Å²) >= 11 is 6.17. The van der Waals surface area contributed by atoms with Crippen LogP contribution in [0.15, 0.2) is 82.3 Å². The van der Waals surface area contributed by atoms with E-state index in [4.69, 9.17) is 16.0 Å². The van der Waals surface area contributed by atoms with Gasteiger partial charge in [0.1, 0.15) is 17.8 Å². The number of carbonyl (C=O) groups is 1. The van der Waals surface area contributed by atoms with Gasteiger partial charge in [-0.2, -0.15) is 5.10 Å². The Kier molecular flexibility index (Phi) is 5.25. The Labute approximate surface area is 187 Å². The fourth-order valence-electron chi connectivity index (χ4n) is 3.88. The van der Waals surface area contributed by atoms with Crippen molar-refractivity contribution in [1.29, 1.82) is 0 Å². The van der Waals surface area contributed by atoms with Gasteiger partial charge in [-0.3, -0.25) is 9.59 Å². The number of benzene rings is 2. The summed E-state index contributed by atoms with van der Waals surface area (Å²) in [4.78, 5) is 25.8. The molecule has 160 valence electrons. The first-order chi connectivity index (χ1) is 15.6. The van der Waals surface area contributed by atoms with E-state index in [9.17, 15) is 9.59 Å². The van der Waals surface area contributed by atoms with Crippen LogP contribution in [0.4, 0.5) is 0 Å². The standard InChI is InChI=1S/C24H19ClN4O3/c25-17-6-3-5-16(11-17)14-28-21-9-2-1-8-19(21)20-13-27-29(24(31)23(20)28)15-22(30)26-12-18-7-4-10-32-18/h1-11,13H,12,14-15H2,(H,26,30). The van der Waals surface area contributed by atoms with E-state index >= 15 is 0 Å². The van der Waals surface area contributed by atoms with E-state index in [0.717, 1.165) is 21.9 Å². The molecule has 3 heterocycles. The van der Waals surface area contributed by atoms with Crippen LogP contribution in [0, 0.1) is 0 Å². The van der Waals surface area contributed by atoms with Crippen LogP contribution in [0.3, 0.4) is 0 Å². The van der Waals surface area contributed by atoms with Gasteiger partial charge in [0.25, 0.3) is 5.56 Å². The second kappa shape index (κ2) is 8.36. The highest BCUT2D eigenvalue weighted by atomic mass is 35.5. The van der Waals surface area contributed by atoms with Crippen molar-refractivity contribution in [1.82, 2.24) is 19.7 Å². The minimum absolute atomic E-state index is 0.186. The number of amides is 1. The Bertz CT molecular complexity index is 1480. The molecule has 8 heteroatoms. The smallest absolute Gasteiger partial charge is 0.291 e. The number of aromatic nitrogens is 3. The molecule has 0 atom stereocenters. The number of hydrogen-bond donors (Lipinski definition) is 1. The van der Waals surface area contributed by atoms with Gasteiger partial charge in [-0.1, -0.05) is 41.9 Å². The highest BCUT2D eigenvalue weighted by Gasteiger charge is 2.17. The summed E-state index contributed by atoms with van der Waals surface area (Å²) in [6, 6.07) is 18.9. The van der Waals surface area contributed by atoms with Crippen molar-refractivity contribution in [3.05, 3.63) is 99.8 Å². The van der Waals surface area contributed by atoms with Crippen molar-refractivity contribution >= 4 is 39.3 Å². The lowest BCUT2D eigenvalue weighted by atomic mass is 10.2. The summed E-state index contributed by atoms with van der Waals surface area (Å²) in [5, 5.41) is 9.32. The van der Waals surface area contributed by atoms with Crippen LogP contribution in [0.5, 0.6) is 0 Å². The zero-order valence-electron chi connectivity index (χ0n) is 17.0. The predicted octanol–water partition coefficient (Wildman–Crippen LogP) is 3.96. The van der Waals surface area contributed by atoms with Gasteiger partial charge in [0.05, 0.1) is 19.0 Å². The van der Waals surface area contributed by atoms with Gasteiger partial charge in [-0.15, -0.1) is 0 Å². The molecule has 0 fully saturated rings. The second-order valence-corrected chi connectivity index (χ2v) is 7.90. The molecular formula is C24H19ClN4O3. The SMILES string of the molecule is O=C(Cn1ncc2c3ccccc3n(Cc3cccc(Cl)c3)c2c1=O)NCc1ccco1. The van der Waals surface area contributed by atoms with Crippen molar-refractivity contribution < 1.29 is 9.21 Å². The van der Waals surface area contributed by atoms with E-state index in [-0.39, 0.29) is 24.6 Å². The van der Waals surface area contributed by atoms with Crippen LogP contribution in [0.2, 0.25) is 5.02 Å². The van der Waals surface area contributed by atoms with Crippen molar-refractivity contribution in [3.8, 4) is 0 Å². The molecule has 0 aliphatic rings. The number of hydrogen-bond acceptors (Lipinski definition) is 4. The maximum absolute atomic E-state index is 13.4. The number of halogens is 1. The number of para-hydroxylation sites is 1. The number of nitrogens with one attached hydrogen (secondary N) is 1. The molecule has 0 saturated heterocycles. The largest absolute Gasteiger partial charge is 0.467 e. The number of nitrogens with zero attached hydrogens (tertiary/aromatic N) is 3. The molecule has 5 rings (SSSR count). The monoisotopic (exact) mass is 446 g/mol. The molecule has 1 N–H and O–H groups in total. The average Bonchev–Trinajstić information content (AvgIpc) is 3.42. The normalized spacial score (nSPS) is 11.3. The molecule has 0 aliphatic carbocycles. The summed E-state index contributed by atoms with van der Waals surface area (Å²) in [6.45, 7) is 0.528. The van der Waals surface area contributed by atoms with Gasteiger partial charge in [0.15, 0.2) is 0 Å². The lowest BCUT2D eigenvalue weighted by Crippen LogP contribution is -2.33. The third-order valence-corrected chi connectivity index (χ3v) is 5.57. The lowest BCUT2D eigenvalue weighted by Gasteiger charge is -2.09. The van der Waals surface area contributed by atoms with Crippen molar-refractivity contribution in [2.75, 3.05) is 0 Å². The zero-order valence-corrected chi connectivity index (χ0v) is 17.7. The predicted molar refractivity (Wildman–Crippen MR) is 123 cm³/mol. The first-order valence-electron chi connectivity index (χ1n) is 10.1. The number of furan rings is 1. The first-order valence-corrected chi connectivity index (χ1v) is 10.5. The summed E-state index contributed by atoms with van der Waals surface area (Å²) in [5.74, 6) is 0.309. The highest BCUT2D eigenvalue weighted by Crippen LogP contribution is 2.27. The Morgan fingerprint density at radius 2 is 1.94 bits per heavy atom. The fourth-order valence-corrected chi connectivity index (χ4v) is 4.09. The van der Waals surface area contributed by atoms with E-state index in [0.29, 0.717) is 22.8 Å². The Balaban J connectivity index is 1.54. The number of fused-ring (bicyclic) bond motifs is 3. The van der Waals surface area contributed by atoms with E-state index in [1.807, 2.05) is 53.1 Å².